The van der Waals surface area contributed by atoms with Crippen LogP contribution in [0.5, 0.6) is 0 Å². The van der Waals surface area contributed by atoms with Crippen LogP contribution >= 0.6 is 11.6 Å². The van der Waals surface area contributed by atoms with E-state index >= 15 is 0 Å². The van der Waals surface area contributed by atoms with Gasteiger partial charge in [-0.3, -0.25) is 9.59 Å². The number of benzene rings is 2. The highest BCUT2D eigenvalue weighted by Gasteiger charge is 1.99. The highest BCUT2D eigenvalue weighted by Crippen LogP contribution is 2.18. The molecule has 23 heavy (non-hydrogen) atoms. The second-order valence-electron chi connectivity index (χ2n) is 4.91. The Balaban J connectivity index is 0.000000136. The van der Waals surface area contributed by atoms with E-state index in [1.807, 2.05) is 48.5 Å². The fourth-order valence-corrected chi connectivity index (χ4v) is 2.53. The van der Waals surface area contributed by atoms with E-state index in [1.165, 1.54) is 6.20 Å². The molecule has 0 bridgehead atoms. The smallest absolute Gasteiger partial charge is 0.255 e. The Bertz CT molecular complexity index is 1080. The SMILES string of the molecule is O=c1[nH]cc(Cl)c2ccccc12.O=c1[nH]ccc2ccccc12. The van der Waals surface area contributed by atoms with Gasteiger partial charge in [-0.1, -0.05) is 48.0 Å². The van der Waals surface area contributed by atoms with Gasteiger partial charge in [-0.05, 0) is 23.6 Å². The number of pyridine rings is 2. The van der Waals surface area contributed by atoms with Gasteiger partial charge in [0.15, 0.2) is 0 Å². The molecule has 0 amide bonds. The van der Waals surface area contributed by atoms with Gasteiger partial charge in [-0.2, -0.15) is 0 Å². The summed E-state index contributed by atoms with van der Waals surface area (Å²) < 4.78 is 0. The third-order valence-electron chi connectivity index (χ3n) is 3.44. The Morgan fingerprint density at radius 2 is 1.30 bits per heavy atom. The molecule has 0 saturated heterocycles. The summed E-state index contributed by atoms with van der Waals surface area (Å²) in [6, 6.07) is 16.6. The first-order valence-corrected chi connectivity index (χ1v) is 7.37. The quantitative estimate of drug-likeness (QED) is 0.518. The average molecular weight is 325 g/mol. The number of halogens is 1. The first kappa shape index (κ1) is 15.1. The topological polar surface area (TPSA) is 65.7 Å². The van der Waals surface area contributed by atoms with Crippen molar-refractivity contribution >= 4 is 33.1 Å². The molecule has 4 nitrogen and oxygen atoms in total. The zero-order valence-electron chi connectivity index (χ0n) is 12.0. The number of hydrogen-bond donors (Lipinski definition) is 2. The molecule has 0 aliphatic carbocycles. The molecule has 0 saturated carbocycles. The largest absolute Gasteiger partial charge is 0.329 e. The van der Waals surface area contributed by atoms with Crippen molar-refractivity contribution in [3.8, 4) is 0 Å². The van der Waals surface area contributed by atoms with Gasteiger partial charge in [0.05, 0.1) is 5.02 Å². The van der Waals surface area contributed by atoms with Crippen LogP contribution in [0.4, 0.5) is 0 Å². The Morgan fingerprint density at radius 3 is 2.00 bits per heavy atom. The Labute approximate surface area is 136 Å². The van der Waals surface area contributed by atoms with Crippen molar-refractivity contribution in [2.24, 2.45) is 0 Å². The van der Waals surface area contributed by atoms with E-state index in [-0.39, 0.29) is 11.1 Å². The van der Waals surface area contributed by atoms with Crippen molar-refractivity contribution < 1.29 is 0 Å². The van der Waals surface area contributed by atoms with Crippen LogP contribution in [0.15, 0.2) is 76.6 Å². The number of H-pyrrole nitrogens is 2. The van der Waals surface area contributed by atoms with Crippen molar-refractivity contribution in [3.05, 3.63) is 92.7 Å². The van der Waals surface area contributed by atoms with Crippen LogP contribution in [0, 0.1) is 0 Å². The molecule has 4 rings (SSSR count). The van der Waals surface area contributed by atoms with Gasteiger partial charge in [-0.15, -0.1) is 0 Å². The third kappa shape index (κ3) is 3.17. The molecular weight excluding hydrogens is 312 g/mol. The molecule has 0 aliphatic heterocycles. The number of aromatic nitrogens is 2. The third-order valence-corrected chi connectivity index (χ3v) is 3.75. The number of aromatic amines is 2. The lowest BCUT2D eigenvalue weighted by Gasteiger charge is -1.96. The van der Waals surface area contributed by atoms with Gasteiger partial charge in [0.25, 0.3) is 11.1 Å². The standard InChI is InChI=1S/C9H6ClNO.C9H7NO/c10-8-5-11-9(12)7-4-2-1-3-6(7)8;11-9-8-4-2-1-3-7(8)5-6-10-9/h1-5H,(H,11,12);1-6H,(H,10,11). The minimum Gasteiger partial charge on any atom is -0.329 e. The van der Waals surface area contributed by atoms with E-state index in [9.17, 15) is 9.59 Å². The van der Waals surface area contributed by atoms with Crippen molar-refractivity contribution in [1.29, 1.82) is 0 Å². The lowest BCUT2D eigenvalue weighted by atomic mass is 10.2. The zero-order valence-corrected chi connectivity index (χ0v) is 12.8. The molecule has 2 aromatic heterocycles. The summed E-state index contributed by atoms with van der Waals surface area (Å²) in [6.07, 6.45) is 3.16. The summed E-state index contributed by atoms with van der Waals surface area (Å²) in [5.74, 6) is 0. The van der Waals surface area contributed by atoms with Crippen LogP contribution < -0.4 is 11.1 Å². The molecule has 114 valence electrons. The molecule has 2 N–H and O–H groups in total. The monoisotopic (exact) mass is 324 g/mol. The summed E-state index contributed by atoms with van der Waals surface area (Å²) in [7, 11) is 0. The summed E-state index contributed by atoms with van der Waals surface area (Å²) in [5, 5.41) is 3.73. The van der Waals surface area contributed by atoms with E-state index < -0.39 is 0 Å². The maximum atomic E-state index is 11.2. The van der Waals surface area contributed by atoms with Crippen LogP contribution in [-0.2, 0) is 0 Å². The summed E-state index contributed by atoms with van der Waals surface area (Å²) in [4.78, 5) is 27.5. The summed E-state index contributed by atoms with van der Waals surface area (Å²) in [6.45, 7) is 0. The minimum atomic E-state index is -0.102. The Morgan fingerprint density at radius 1 is 0.696 bits per heavy atom. The van der Waals surface area contributed by atoms with Crippen LogP contribution in [0.1, 0.15) is 0 Å². The van der Waals surface area contributed by atoms with Crippen molar-refractivity contribution in [2.45, 2.75) is 0 Å². The number of nitrogens with one attached hydrogen (secondary N) is 2. The van der Waals surface area contributed by atoms with Crippen LogP contribution in [0.3, 0.4) is 0 Å². The molecule has 2 heterocycles. The maximum Gasteiger partial charge on any atom is 0.255 e. The van der Waals surface area contributed by atoms with E-state index in [0.29, 0.717) is 10.4 Å². The molecule has 0 spiro atoms. The zero-order chi connectivity index (χ0) is 16.2. The first-order valence-electron chi connectivity index (χ1n) is 6.99. The minimum absolute atomic E-state index is 0.0249. The molecule has 0 radical (unpaired) electrons. The van der Waals surface area contributed by atoms with Gasteiger partial charge in [0.1, 0.15) is 0 Å². The second-order valence-corrected chi connectivity index (χ2v) is 5.31. The van der Waals surface area contributed by atoms with Gasteiger partial charge in [0.2, 0.25) is 0 Å². The van der Waals surface area contributed by atoms with E-state index in [1.54, 1.807) is 12.3 Å². The molecule has 4 aromatic rings. The van der Waals surface area contributed by atoms with Gasteiger partial charge >= 0.3 is 0 Å². The van der Waals surface area contributed by atoms with Crippen molar-refractivity contribution in [2.75, 3.05) is 0 Å². The molecular formula is C18H13ClN2O2. The molecule has 0 fully saturated rings. The predicted molar refractivity (Wildman–Crippen MR) is 94.1 cm³/mol. The summed E-state index contributed by atoms with van der Waals surface area (Å²) >= 11 is 5.86. The predicted octanol–water partition coefficient (Wildman–Crippen LogP) is 3.71. The van der Waals surface area contributed by atoms with Crippen LogP contribution in [0.2, 0.25) is 5.02 Å². The highest BCUT2D eigenvalue weighted by molar-refractivity contribution is 6.35. The Kier molecular flexibility index (Phi) is 4.26. The molecule has 0 atom stereocenters. The van der Waals surface area contributed by atoms with E-state index in [0.717, 1.165) is 16.2 Å². The average Bonchev–Trinajstić information content (AvgIpc) is 2.60. The lowest BCUT2D eigenvalue weighted by molar-refractivity contribution is 1.28. The fourth-order valence-electron chi connectivity index (χ4n) is 2.31. The molecule has 2 aromatic carbocycles. The van der Waals surface area contributed by atoms with E-state index in [4.69, 9.17) is 11.6 Å². The van der Waals surface area contributed by atoms with Gasteiger partial charge in [-0.25, -0.2) is 0 Å². The van der Waals surface area contributed by atoms with Crippen molar-refractivity contribution in [1.82, 2.24) is 9.97 Å². The molecule has 0 aliphatic rings. The lowest BCUT2D eigenvalue weighted by Crippen LogP contribution is -2.04. The normalized spacial score (nSPS) is 10.3. The fraction of sp³-hybridized carbons (Fsp3) is 0. The van der Waals surface area contributed by atoms with Crippen molar-refractivity contribution in [3.63, 3.8) is 0 Å². The maximum absolute atomic E-state index is 11.2. The van der Waals surface area contributed by atoms with Crippen LogP contribution in [0.25, 0.3) is 21.5 Å². The highest BCUT2D eigenvalue weighted by atomic mass is 35.5. The van der Waals surface area contributed by atoms with Gasteiger partial charge < -0.3 is 9.97 Å². The summed E-state index contributed by atoms with van der Waals surface area (Å²) in [5.41, 5.74) is -0.127. The number of hydrogen-bond acceptors (Lipinski definition) is 2. The second kappa shape index (κ2) is 6.50. The first-order chi connectivity index (χ1) is 11.2. The van der Waals surface area contributed by atoms with Gasteiger partial charge in [0, 0.05) is 28.6 Å². The van der Waals surface area contributed by atoms with Crippen LogP contribution in [-0.4, -0.2) is 9.97 Å². The number of fused-ring (bicyclic) bond motifs is 2. The molecule has 5 heteroatoms. The number of rotatable bonds is 0. The van der Waals surface area contributed by atoms with E-state index in [2.05, 4.69) is 9.97 Å². The Hall–Kier alpha value is -2.85. The molecule has 0 unspecified atom stereocenters.